The Hall–Kier alpha value is -2.39. The fourth-order valence-electron chi connectivity index (χ4n) is 3.59. The Morgan fingerprint density at radius 1 is 1.17 bits per heavy atom. The number of benzene rings is 2. The Labute approximate surface area is 194 Å². The zero-order valence-electron chi connectivity index (χ0n) is 17.2. The molecule has 3 aromatic rings. The molecule has 0 aliphatic carbocycles. The van der Waals surface area contributed by atoms with E-state index in [0.29, 0.717) is 19.0 Å². The van der Waals surface area contributed by atoms with Gasteiger partial charge in [0.25, 0.3) is 0 Å². The zero-order chi connectivity index (χ0) is 20.1. The fourth-order valence-corrected chi connectivity index (χ4v) is 3.59. The van der Waals surface area contributed by atoms with Crippen molar-refractivity contribution in [3.8, 4) is 11.3 Å². The van der Waals surface area contributed by atoms with E-state index in [2.05, 4.69) is 51.4 Å². The average molecular weight is 518 g/mol. The van der Waals surface area contributed by atoms with Gasteiger partial charge in [0.05, 0.1) is 25.9 Å². The lowest BCUT2D eigenvalue weighted by Crippen LogP contribution is -2.48. The first-order chi connectivity index (χ1) is 14.2. The minimum Gasteiger partial charge on any atom is -0.439 e. The van der Waals surface area contributed by atoms with Gasteiger partial charge in [0.15, 0.2) is 11.7 Å². The Balaban J connectivity index is 0.00000256. The summed E-state index contributed by atoms with van der Waals surface area (Å²) >= 11 is 0. The van der Waals surface area contributed by atoms with Gasteiger partial charge in [0.2, 0.25) is 5.89 Å². The zero-order valence-corrected chi connectivity index (χ0v) is 19.6. The van der Waals surface area contributed by atoms with Crippen LogP contribution < -0.4 is 5.32 Å². The molecule has 0 saturated carbocycles. The van der Waals surface area contributed by atoms with Crippen molar-refractivity contribution in [2.75, 3.05) is 26.7 Å². The first-order valence-electron chi connectivity index (χ1n) is 9.87. The number of halogens is 1. The molecule has 0 radical (unpaired) electrons. The van der Waals surface area contributed by atoms with E-state index in [1.165, 1.54) is 11.1 Å². The molecule has 30 heavy (non-hydrogen) atoms. The summed E-state index contributed by atoms with van der Waals surface area (Å²) in [5.41, 5.74) is 3.49. The van der Waals surface area contributed by atoms with Crippen LogP contribution in [0.4, 0.5) is 0 Å². The van der Waals surface area contributed by atoms with Gasteiger partial charge < -0.3 is 19.4 Å². The first kappa shape index (κ1) is 22.3. The van der Waals surface area contributed by atoms with Crippen LogP contribution in [0.1, 0.15) is 23.1 Å². The Morgan fingerprint density at radius 2 is 1.93 bits per heavy atom. The number of hydrogen-bond acceptors (Lipinski definition) is 4. The molecule has 0 spiro atoms. The van der Waals surface area contributed by atoms with E-state index >= 15 is 0 Å². The maximum atomic E-state index is 6.03. The second-order valence-corrected chi connectivity index (χ2v) is 7.05. The van der Waals surface area contributed by atoms with E-state index in [1.807, 2.05) is 30.3 Å². The van der Waals surface area contributed by atoms with Crippen LogP contribution in [0.25, 0.3) is 11.3 Å². The number of nitrogens with zero attached hydrogens (tertiary/aromatic N) is 3. The summed E-state index contributed by atoms with van der Waals surface area (Å²) in [5, 5.41) is 3.37. The number of hydrogen-bond donors (Lipinski definition) is 1. The van der Waals surface area contributed by atoms with Gasteiger partial charge in [-0.15, -0.1) is 24.0 Å². The monoisotopic (exact) mass is 518 g/mol. The number of nitrogens with one attached hydrogen (secondary N) is 1. The maximum Gasteiger partial charge on any atom is 0.214 e. The van der Waals surface area contributed by atoms with Gasteiger partial charge in [0, 0.05) is 19.2 Å². The van der Waals surface area contributed by atoms with Crippen molar-refractivity contribution in [1.82, 2.24) is 15.2 Å². The summed E-state index contributed by atoms with van der Waals surface area (Å²) in [5.74, 6) is 2.23. The number of aliphatic imine (C=N–C) groups is 1. The molecule has 1 saturated heterocycles. The van der Waals surface area contributed by atoms with Crippen LogP contribution in [0.2, 0.25) is 0 Å². The maximum absolute atomic E-state index is 6.03. The van der Waals surface area contributed by atoms with E-state index in [-0.39, 0.29) is 30.1 Å². The molecule has 6 nitrogen and oxygen atoms in total. The molecular weight excluding hydrogens is 491 g/mol. The highest BCUT2D eigenvalue weighted by Crippen LogP contribution is 2.25. The first-order valence-corrected chi connectivity index (χ1v) is 9.87. The van der Waals surface area contributed by atoms with Crippen molar-refractivity contribution < 1.29 is 9.15 Å². The number of aromatic nitrogens is 1. The number of guanidine groups is 1. The quantitative estimate of drug-likeness (QED) is 0.315. The molecule has 158 valence electrons. The second kappa shape index (κ2) is 10.6. The van der Waals surface area contributed by atoms with Crippen molar-refractivity contribution in [1.29, 1.82) is 0 Å². The third kappa shape index (κ3) is 5.20. The Bertz CT molecular complexity index is 974. The Morgan fingerprint density at radius 3 is 2.70 bits per heavy atom. The van der Waals surface area contributed by atoms with Crippen LogP contribution in [0.5, 0.6) is 0 Å². The summed E-state index contributed by atoms with van der Waals surface area (Å²) in [6, 6.07) is 18.4. The number of morpholine rings is 1. The fraction of sp³-hybridized carbons (Fsp3) is 0.304. The largest absolute Gasteiger partial charge is 0.439 e. The smallest absolute Gasteiger partial charge is 0.214 e. The summed E-state index contributed by atoms with van der Waals surface area (Å²) in [6.07, 6.45) is 1.80. The molecule has 2 heterocycles. The lowest BCUT2D eigenvalue weighted by molar-refractivity contribution is -0.00836. The molecular formula is C23H27IN4O2. The normalized spacial score (nSPS) is 16.8. The second-order valence-electron chi connectivity index (χ2n) is 7.05. The van der Waals surface area contributed by atoms with E-state index < -0.39 is 0 Å². The molecule has 1 fully saturated rings. The molecule has 1 aliphatic rings. The molecule has 2 aromatic carbocycles. The molecule has 1 aromatic heterocycles. The predicted octanol–water partition coefficient (Wildman–Crippen LogP) is 4.42. The van der Waals surface area contributed by atoms with Gasteiger partial charge in [-0.25, -0.2) is 4.98 Å². The van der Waals surface area contributed by atoms with Gasteiger partial charge in [-0.1, -0.05) is 54.6 Å². The average Bonchev–Trinajstić information content (AvgIpc) is 3.24. The van der Waals surface area contributed by atoms with Crippen molar-refractivity contribution in [2.24, 2.45) is 4.99 Å². The molecule has 7 heteroatoms. The van der Waals surface area contributed by atoms with Crippen LogP contribution >= 0.6 is 24.0 Å². The van der Waals surface area contributed by atoms with E-state index in [9.17, 15) is 0 Å². The topological polar surface area (TPSA) is 62.9 Å². The molecule has 0 bridgehead atoms. The number of oxazole rings is 1. The number of ether oxygens (including phenoxy) is 1. The van der Waals surface area contributed by atoms with Crippen LogP contribution in [-0.2, 0) is 11.3 Å². The van der Waals surface area contributed by atoms with E-state index in [4.69, 9.17) is 9.15 Å². The minimum atomic E-state index is 0. The van der Waals surface area contributed by atoms with Crippen molar-refractivity contribution in [3.63, 3.8) is 0 Å². The highest BCUT2D eigenvalue weighted by atomic mass is 127. The lowest BCUT2D eigenvalue weighted by Gasteiger charge is -2.35. The van der Waals surface area contributed by atoms with Gasteiger partial charge in [-0.05, 0) is 18.1 Å². The highest BCUT2D eigenvalue weighted by Gasteiger charge is 2.25. The van der Waals surface area contributed by atoms with E-state index in [1.54, 1.807) is 13.2 Å². The molecule has 1 unspecified atom stereocenters. The number of aryl methyl sites for hydroxylation is 1. The SMILES string of the molecule is CN=C(NCc1ncc(-c2ccccc2)o1)N1CCOC(c2ccccc2C)C1.I. The standard InChI is InChI=1S/C23H26N4O2.HI/c1-17-8-6-7-11-19(17)21-16-27(12-13-28-21)23(24-2)26-15-22-25-14-20(29-22)18-9-4-3-5-10-18;/h3-11,14,21H,12-13,15-16H2,1-2H3,(H,24,26);1H. The molecule has 1 N–H and O–H groups in total. The van der Waals surface area contributed by atoms with Crippen LogP contribution in [-0.4, -0.2) is 42.6 Å². The lowest BCUT2D eigenvalue weighted by atomic mass is 10.0. The number of rotatable bonds is 4. The van der Waals surface area contributed by atoms with Gasteiger partial charge in [0.1, 0.15) is 6.10 Å². The molecule has 4 rings (SSSR count). The summed E-state index contributed by atoms with van der Waals surface area (Å²) in [4.78, 5) is 11.1. The summed E-state index contributed by atoms with van der Waals surface area (Å²) < 4.78 is 11.9. The summed E-state index contributed by atoms with van der Waals surface area (Å²) in [6.45, 7) is 4.81. The van der Waals surface area contributed by atoms with Crippen molar-refractivity contribution in [2.45, 2.75) is 19.6 Å². The van der Waals surface area contributed by atoms with Crippen LogP contribution in [0, 0.1) is 6.92 Å². The van der Waals surface area contributed by atoms with Crippen molar-refractivity contribution >= 4 is 29.9 Å². The minimum absolute atomic E-state index is 0. The predicted molar refractivity (Wildman–Crippen MR) is 129 cm³/mol. The molecule has 1 atom stereocenters. The van der Waals surface area contributed by atoms with Gasteiger partial charge >= 0.3 is 0 Å². The third-order valence-electron chi connectivity index (χ3n) is 5.12. The van der Waals surface area contributed by atoms with E-state index in [0.717, 1.165) is 30.4 Å². The van der Waals surface area contributed by atoms with Gasteiger partial charge in [-0.3, -0.25) is 4.99 Å². The van der Waals surface area contributed by atoms with Crippen LogP contribution in [0.15, 0.2) is 70.2 Å². The molecule has 1 aliphatic heterocycles. The highest BCUT2D eigenvalue weighted by molar-refractivity contribution is 14.0. The van der Waals surface area contributed by atoms with Crippen LogP contribution in [0.3, 0.4) is 0 Å². The third-order valence-corrected chi connectivity index (χ3v) is 5.12. The Kier molecular flexibility index (Phi) is 7.87. The molecule has 0 amide bonds. The van der Waals surface area contributed by atoms with Gasteiger partial charge in [-0.2, -0.15) is 0 Å². The summed E-state index contributed by atoms with van der Waals surface area (Å²) in [7, 11) is 1.80. The van der Waals surface area contributed by atoms with Crippen molar-refractivity contribution in [3.05, 3.63) is 77.8 Å².